The molecule has 0 spiro atoms. The second-order valence-corrected chi connectivity index (χ2v) is 4.41. The smallest absolute Gasteiger partial charge is 0.138 e. The molecule has 0 amide bonds. The number of aromatic hydroxyl groups is 1. The summed E-state index contributed by atoms with van der Waals surface area (Å²) < 4.78 is 5.33. The van der Waals surface area contributed by atoms with Crippen molar-refractivity contribution in [2.75, 3.05) is 18.9 Å². The molecule has 1 aliphatic rings. The van der Waals surface area contributed by atoms with Gasteiger partial charge in [0.1, 0.15) is 5.75 Å². The average molecular weight is 230 g/mol. The molecule has 1 fully saturated rings. The van der Waals surface area contributed by atoms with Crippen molar-refractivity contribution < 1.29 is 9.84 Å². The highest BCUT2D eigenvalue weighted by Gasteiger charge is 2.22. The standard InChI is InChI=1S/C13H14N2O2/c14-10-1-2-11-9(5-10)6-12(16)13(15-11)8-3-4-17-7-8/h1-2,5-6,8,16H,3-4,7,14H2. The number of nitrogens with zero attached hydrogens (tertiary/aromatic N) is 1. The monoisotopic (exact) mass is 230 g/mol. The minimum atomic E-state index is 0.206. The SMILES string of the molecule is Nc1ccc2nc(C3CCOC3)c(O)cc2c1. The van der Waals surface area contributed by atoms with E-state index in [1.807, 2.05) is 18.2 Å². The summed E-state index contributed by atoms with van der Waals surface area (Å²) in [5, 5.41) is 10.9. The Balaban J connectivity index is 2.13. The van der Waals surface area contributed by atoms with Gasteiger partial charge in [0.05, 0.1) is 17.8 Å². The van der Waals surface area contributed by atoms with E-state index < -0.39 is 0 Å². The number of rotatable bonds is 1. The van der Waals surface area contributed by atoms with Crippen LogP contribution in [0, 0.1) is 0 Å². The molecule has 1 aromatic heterocycles. The summed E-state index contributed by atoms with van der Waals surface area (Å²) >= 11 is 0. The second-order valence-electron chi connectivity index (χ2n) is 4.41. The molecule has 0 aliphatic carbocycles. The molecule has 17 heavy (non-hydrogen) atoms. The van der Waals surface area contributed by atoms with Crippen molar-refractivity contribution in [1.29, 1.82) is 0 Å². The molecule has 88 valence electrons. The van der Waals surface area contributed by atoms with E-state index >= 15 is 0 Å². The Hall–Kier alpha value is -1.81. The molecule has 3 rings (SSSR count). The third-order valence-corrected chi connectivity index (χ3v) is 3.16. The molecule has 2 heterocycles. The van der Waals surface area contributed by atoms with E-state index in [2.05, 4.69) is 4.98 Å². The van der Waals surface area contributed by atoms with Gasteiger partial charge in [-0.2, -0.15) is 0 Å². The Morgan fingerprint density at radius 2 is 2.24 bits per heavy atom. The van der Waals surface area contributed by atoms with Crippen molar-refractivity contribution in [3.8, 4) is 5.75 Å². The van der Waals surface area contributed by atoms with Crippen molar-refractivity contribution in [1.82, 2.24) is 4.98 Å². The van der Waals surface area contributed by atoms with Gasteiger partial charge < -0.3 is 15.6 Å². The summed E-state index contributed by atoms with van der Waals surface area (Å²) in [5.74, 6) is 0.440. The zero-order valence-corrected chi connectivity index (χ0v) is 9.39. The van der Waals surface area contributed by atoms with Gasteiger partial charge in [0.15, 0.2) is 0 Å². The van der Waals surface area contributed by atoms with Gasteiger partial charge in [0, 0.05) is 23.6 Å². The lowest BCUT2D eigenvalue weighted by Crippen LogP contribution is -2.01. The van der Waals surface area contributed by atoms with Gasteiger partial charge in [-0.3, -0.25) is 0 Å². The lowest BCUT2D eigenvalue weighted by molar-refractivity contribution is 0.193. The van der Waals surface area contributed by atoms with Crippen LogP contribution in [0.25, 0.3) is 10.9 Å². The maximum absolute atomic E-state index is 10.0. The first kappa shape index (κ1) is 10.4. The number of aromatic nitrogens is 1. The second kappa shape index (κ2) is 3.89. The number of pyridine rings is 1. The van der Waals surface area contributed by atoms with Crippen LogP contribution < -0.4 is 5.73 Å². The van der Waals surface area contributed by atoms with Crippen molar-refractivity contribution in [2.24, 2.45) is 0 Å². The third-order valence-electron chi connectivity index (χ3n) is 3.16. The molecule has 1 aliphatic heterocycles. The number of nitrogen functional groups attached to an aromatic ring is 1. The minimum Gasteiger partial charge on any atom is -0.506 e. The summed E-state index contributed by atoms with van der Waals surface area (Å²) in [4.78, 5) is 4.51. The maximum atomic E-state index is 10.0. The summed E-state index contributed by atoms with van der Waals surface area (Å²) in [5.41, 5.74) is 7.98. The van der Waals surface area contributed by atoms with E-state index in [1.54, 1.807) is 6.07 Å². The van der Waals surface area contributed by atoms with E-state index in [0.29, 0.717) is 12.3 Å². The maximum Gasteiger partial charge on any atom is 0.138 e. The molecule has 4 heteroatoms. The Morgan fingerprint density at radius 1 is 1.35 bits per heavy atom. The van der Waals surface area contributed by atoms with Crippen molar-refractivity contribution in [3.63, 3.8) is 0 Å². The normalized spacial score (nSPS) is 19.9. The summed E-state index contributed by atoms with van der Waals surface area (Å²) in [7, 11) is 0. The van der Waals surface area contributed by atoms with E-state index in [9.17, 15) is 5.11 Å². The molecule has 1 unspecified atom stereocenters. The molecule has 0 saturated carbocycles. The number of ether oxygens (including phenoxy) is 1. The Kier molecular flexibility index (Phi) is 2.37. The first-order valence-electron chi connectivity index (χ1n) is 5.71. The van der Waals surface area contributed by atoms with E-state index in [0.717, 1.165) is 29.6 Å². The largest absolute Gasteiger partial charge is 0.506 e. The number of hydrogen-bond donors (Lipinski definition) is 2. The summed E-state index contributed by atoms with van der Waals surface area (Å²) in [6.07, 6.45) is 0.918. The van der Waals surface area contributed by atoms with Crippen LogP contribution in [0.15, 0.2) is 24.3 Å². The van der Waals surface area contributed by atoms with E-state index in [-0.39, 0.29) is 11.7 Å². The highest BCUT2D eigenvalue weighted by atomic mass is 16.5. The van der Waals surface area contributed by atoms with Crippen LogP contribution in [-0.2, 0) is 4.74 Å². The van der Waals surface area contributed by atoms with Crippen LogP contribution in [-0.4, -0.2) is 23.3 Å². The highest BCUT2D eigenvalue weighted by molar-refractivity contribution is 5.83. The molecule has 0 radical (unpaired) electrons. The fourth-order valence-electron chi connectivity index (χ4n) is 2.25. The lowest BCUT2D eigenvalue weighted by Gasteiger charge is -2.10. The topological polar surface area (TPSA) is 68.4 Å². The van der Waals surface area contributed by atoms with Gasteiger partial charge in [0.2, 0.25) is 0 Å². The van der Waals surface area contributed by atoms with Gasteiger partial charge in [-0.25, -0.2) is 4.98 Å². The predicted molar refractivity (Wildman–Crippen MR) is 66.0 cm³/mol. The van der Waals surface area contributed by atoms with Gasteiger partial charge in [0.25, 0.3) is 0 Å². The third kappa shape index (κ3) is 1.80. The fraction of sp³-hybridized carbons (Fsp3) is 0.308. The van der Waals surface area contributed by atoms with Crippen LogP contribution in [0.1, 0.15) is 18.0 Å². The first-order chi connectivity index (χ1) is 8.24. The minimum absolute atomic E-state index is 0.206. The Morgan fingerprint density at radius 3 is 3.00 bits per heavy atom. The lowest BCUT2D eigenvalue weighted by atomic mass is 10.0. The molecule has 1 saturated heterocycles. The highest BCUT2D eigenvalue weighted by Crippen LogP contribution is 2.32. The van der Waals surface area contributed by atoms with Crippen LogP contribution in [0.5, 0.6) is 5.75 Å². The van der Waals surface area contributed by atoms with Crippen molar-refractivity contribution in [3.05, 3.63) is 30.0 Å². The summed E-state index contributed by atoms with van der Waals surface area (Å²) in [6.45, 7) is 1.38. The molecule has 1 atom stereocenters. The van der Waals surface area contributed by atoms with Crippen LogP contribution in [0.3, 0.4) is 0 Å². The van der Waals surface area contributed by atoms with E-state index in [4.69, 9.17) is 10.5 Å². The van der Waals surface area contributed by atoms with Gasteiger partial charge in [-0.15, -0.1) is 0 Å². The van der Waals surface area contributed by atoms with Crippen molar-refractivity contribution >= 4 is 16.6 Å². The zero-order chi connectivity index (χ0) is 11.8. The first-order valence-corrected chi connectivity index (χ1v) is 5.71. The van der Waals surface area contributed by atoms with Crippen LogP contribution in [0.2, 0.25) is 0 Å². The number of benzene rings is 1. The molecular weight excluding hydrogens is 216 g/mol. The molecule has 0 bridgehead atoms. The number of nitrogens with two attached hydrogens (primary N) is 1. The number of anilines is 1. The summed E-state index contributed by atoms with van der Waals surface area (Å²) in [6, 6.07) is 7.24. The van der Waals surface area contributed by atoms with E-state index in [1.165, 1.54) is 0 Å². The molecule has 1 aromatic carbocycles. The van der Waals surface area contributed by atoms with Crippen LogP contribution >= 0.6 is 0 Å². The van der Waals surface area contributed by atoms with Crippen LogP contribution in [0.4, 0.5) is 5.69 Å². The van der Waals surface area contributed by atoms with Gasteiger partial charge in [-0.05, 0) is 30.7 Å². The Bertz CT molecular complexity index is 563. The average Bonchev–Trinajstić information content (AvgIpc) is 2.81. The van der Waals surface area contributed by atoms with Crippen molar-refractivity contribution in [2.45, 2.75) is 12.3 Å². The Labute approximate surface area is 99.0 Å². The zero-order valence-electron chi connectivity index (χ0n) is 9.39. The molecule has 2 aromatic rings. The van der Waals surface area contributed by atoms with Gasteiger partial charge >= 0.3 is 0 Å². The quantitative estimate of drug-likeness (QED) is 0.735. The molecule has 4 nitrogen and oxygen atoms in total. The van der Waals surface area contributed by atoms with Gasteiger partial charge in [-0.1, -0.05) is 0 Å². The number of hydrogen-bond acceptors (Lipinski definition) is 4. The molecule has 3 N–H and O–H groups in total. The molecular formula is C13H14N2O2. The predicted octanol–water partition coefficient (Wildman–Crippen LogP) is 2.03. The fourth-order valence-corrected chi connectivity index (χ4v) is 2.25. The number of fused-ring (bicyclic) bond motifs is 1.